The van der Waals surface area contributed by atoms with E-state index in [1.165, 1.54) is 6.42 Å². The fraction of sp³-hybridized carbons (Fsp3) is 0.471. The van der Waals surface area contributed by atoms with Gasteiger partial charge in [-0.05, 0) is 37.1 Å². The van der Waals surface area contributed by atoms with Crippen LogP contribution in [0.15, 0.2) is 24.3 Å². The van der Waals surface area contributed by atoms with Crippen LogP contribution in [0.5, 0.6) is 0 Å². The average Bonchev–Trinajstić information content (AvgIpc) is 2.54. The molecule has 0 bridgehead atoms. The number of anilines is 1. The minimum absolute atomic E-state index is 0.0702. The quantitative estimate of drug-likeness (QED) is 0.751. The summed E-state index contributed by atoms with van der Waals surface area (Å²) in [6, 6.07) is 6.87. The molecule has 1 fully saturated rings. The maximum Gasteiger partial charge on any atom is 0.303 e. The van der Waals surface area contributed by atoms with Gasteiger partial charge in [-0.2, -0.15) is 0 Å². The number of aliphatic carboxylic acids is 1. The second-order valence-electron chi connectivity index (χ2n) is 5.83. The summed E-state index contributed by atoms with van der Waals surface area (Å²) in [6.45, 7) is 0. The minimum Gasteiger partial charge on any atom is -0.481 e. The normalized spacial score (nSPS) is 15.0. The van der Waals surface area contributed by atoms with Crippen molar-refractivity contribution in [2.75, 3.05) is 5.32 Å². The van der Waals surface area contributed by atoms with Gasteiger partial charge in [-0.25, -0.2) is 0 Å². The summed E-state index contributed by atoms with van der Waals surface area (Å²) in [5.41, 5.74) is 1.11. The van der Waals surface area contributed by atoms with Gasteiger partial charge in [0, 0.05) is 23.7 Å². The van der Waals surface area contributed by atoms with Crippen LogP contribution < -0.4 is 10.6 Å². The van der Waals surface area contributed by atoms with Crippen molar-refractivity contribution in [2.24, 2.45) is 0 Å². The van der Waals surface area contributed by atoms with Crippen LogP contribution in [0.4, 0.5) is 5.69 Å². The standard InChI is InChI=1S/C17H22N2O4/c20-15(10-11-16(21)22)18-14-8-6-12(7-9-14)17(23)19-13-4-2-1-3-5-13/h6-9,13H,1-5,10-11H2,(H,18,20)(H,19,23)(H,21,22). The lowest BCUT2D eigenvalue weighted by molar-refractivity contribution is -0.138. The van der Waals surface area contributed by atoms with Gasteiger partial charge in [-0.15, -0.1) is 0 Å². The van der Waals surface area contributed by atoms with Crippen molar-refractivity contribution in [3.05, 3.63) is 29.8 Å². The number of carbonyl (C=O) groups is 3. The zero-order chi connectivity index (χ0) is 16.7. The summed E-state index contributed by atoms with van der Waals surface area (Å²) >= 11 is 0. The molecule has 0 saturated heterocycles. The molecule has 0 heterocycles. The van der Waals surface area contributed by atoms with Crippen molar-refractivity contribution in [3.63, 3.8) is 0 Å². The minimum atomic E-state index is -1.00. The van der Waals surface area contributed by atoms with Crippen LogP contribution in [-0.4, -0.2) is 28.9 Å². The highest BCUT2D eigenvalue weighted by Crippen LogP contribution is 2.18. The Bertz CT molecular complexity index is 562. The summed E-state index contributed by atoms with van der Waals surface area (Å²) in [7, 11) is 0. The van der Waals surface area contributed by atoms with E-state index in [0.717, 1.165) is 25.7 Å². The van der Waals surface area contributed by atoms with Crippen molar-refractivity contribution in [3.8, 4) is 0 Å². The van der Waals surface area contributed by atoms with Gasteiger partial charge in [-0.1, -0.05) is 19.3 Å². The molecule has 1 aromatic rings. The Morgan fingerprint density at radius 3 is 2.26 bits per heavy atom. The van der Waals surface area contributed by atoms with E-state index in [4.69, 9.17) is 5.11 Å². The van der Waals surface area contributed by atoms with Gasteiger partial charge >= 0.3 is 5.97 Å². The third-order valence-electron chi connectivity index (χ3n) is 3.94. The van der Waals surface area contributed by atoms with Crippen molar-refractivity contribution in [2.45, 2.75) is 51.0 Å². The second kappa shape index (κ2) is 8.31. The Hall–Kier alpha value is -2.37. The monoisotopic (exact) mass is 318 g/mol. The molecule has 1 aliphatic rings. The van der Waals surface area contributed by atoms with Crippen molar-refractivity contribution >= 4 is 23.5 Å². The van der Waals surface area contributed by atoms with E-state index in [2.05, 4.69) is 10.6 Å². The molecule has 0 aromatic heterocycles. The molecule has 0 radical (unpaired) electrons. The summed E-state index contributed by atoms with van der Waals surface area (Å²) in [6.07, 6.45) is 5.35. The molecule has 3 N–H and O–H groups in total. The number of carbonyl (C=O) groups excluding carboxylic acids is 2. The van der Waals surface area contributed by atoms with Crippen LogP contribution in [0.3, 0.4) is 0 Å². The summed E-state index contributed by atoms with van der Waals surface area (Å²) in [5, 5.41) is 14.2. The van der Waals surface area contributed by atoms with Gasteiger partial charge in [0.15, 0.2) is 0 Å². The molecule has 2 amide bonds. The van der Waals surface area contributed by atoms with Crippen molar-refractivity contribution in [1.29, 1.82) is 0 Å². The van der Waals surface area contributed by atoms with Crippen LogP contribution >= 0.6 is 0 Å². The highest BCUT2D eigenvalue weighted by atomic mass is 16.4. The number of amides is 2. The lowest BCUT2D eigenvalue weighted by Crippen LogP contribution is -2.36. The van der Waals surface area contributed by atoms with E-state index in [1.54, 1.807) is 24.3 Å². The van der Waals surface area contributed by atoms with Crippen LogP contribution in [0.2, 0.25) is 0 Å². The molecule has 23 heavy (non-hydrogen) atoms. The zero-order valence-electron chi connectivity index (χ0n) is 13.0. The lowest BCUT2D eigenvalue weighted by Gasteiger charge is -2.22. The molecule has 1 aliphatic carbocycles. The zero-order valence-corrected chi connectivity index (χ0v) is 13.0. The number of carboxylic acids is 1. The van der Waals surface area contributed by atoms with Gasteiger partial charge in [0.05, 0.1) is 6.42 Å². The summed E-state index contributed by atoms with van der Waals surface area (Å²) in [5.74, 6) is -1.46. The van der Waals surface area contributed by atoms with E-state index in [0.29, 0.717) is 11.3 Å². The van der Waals surface area contributed by atoms with E-state index in [1.807, 2.05) is 0 Å². The summed E-state index contributed by atoms with van der Waals surface area (Å²) in [4.78, 5) is 34.1. The van der Waals surface area contributed by atoms with Gasteiger partial charge in [0.2, 0.25) is 5.91 Å². The molecule has 1 aromatic carbocycles. The largest absolute Gasteiger partial charge is 0.481 e. The molecule has 0 atom stereocenters. The van der Waals surface area contributed by atoms with Crippen LogP contribution in [-0.2, 0) is 9.59 Å². The molecular formula is C17H22N2O4. The first-order valence-corrected chi connectivity index (χ1v) is 7.97. The van der Waals surface area contributed by atoms with Gasteiger partial charge < -0.3 is 15.7 Å². The Labute approximate surface area is 135 Å². The molecule has 6 nitrogen and oxygen atoms in total. The van der Waals surface area contributed by atoms with Gasteiger partial charge in [0.1, 0.15) is 0 Å². The number of nitrogens with one attached hydrogen (secondary N) is 2. The first kappa shape index (κ1) is 17.0. The molecule has 0 unspecified atom stereocenters. The summed E-state index contributed by atoms with van der Waals surface area (Å²) < 4.78 is 0. The topological polar surface area (TPSA) is 95.5 Å². The van der Waals surface area contributed by atoms with Crippen LogP contribution in [0.1, 0.15) is 55.3 Å². The highest BCUT2D eigenvalue weighted by Gasteiger charge is 2.16. The fourth-order valence-electron chi connectivity index (χ4n) is 2.66. The molecule has 0 aliphatic heterocycles. The number of benzene rings is 1. The second-order valence-corrected chi connectivity index (χ2v) is 5.83. The molecule has 6 heteroatoms. The third kappa shape index (κ3) is 5.73. The molecule has 1 saturated carbocycles. The first-order chi connectivity index (χ1) is 11.0. The smallest absolute Gasteiger partial charge is 0.303 e. The molecule has 124 valence electrons. The number of hydrogen-bond acceptors (Lipinski definition) is 3. The van der Waals surface area contributed by atoms with Gasteiger partial charge in [-0.3, -0.25) is 14.4 Å². The Balaban J connectivity index is 1.84. The third-order valence-corrected chi connectivity index (χ3v) is 3.94. The van der Waals surface area contributed by atoms with E-state index >= 15 is 0 Å². The predicted octanol–water partition coefficient (Wildman–Crippen LogP) is 2.55. The van der Waals surface area contributed by atoms with E-state index in [-0.39, 0.29) is 30.7 Å². The SMILES string of the molecule is O=C(O)CCC(=O)Nc1ccc(C(=O)NC2CCCCC2)cc1. The fourth-order valence-corrected chi connectivity index (χ4v) is 2.66. The van der Waals surface area contributed by atoms with Crippen LogP contribution in [0, 0.1) is 0 Å². The van der Waals surface area contributed by atoms with E-state index in [9.17, 15) is 14.4 Å². The Kier molecular flexibility index (Phi) is 6.14. The molecular weight excluding hydrogens is 296 g/mol. The Morgan fingerprint density at radius 2 is 1.65 bits per heavy atom. The Morgan fingerprint density at radius 1 is 1.00 bits per heavy atom. The number of hydrogen-bond donors (Lipinski definition) is 3. The molecule has 0 spiro atoms. The van der Waals surface area contributed by atoms with E-state index < -0.39 is 5.97 Å². The van der Waals surface area contributed by atoms with Crippen LogP contribution in [0.25, 0.3) is 0 Å². The molecule has 2 rings (SSSR count). The average molecular weight is 318 g/mol. The predicted molar refractivity (Wildman–Crippen MR) is 86.3 cm³/mol. The lowest BCUT2D eigenvalue weighted by atomic mass is 9.95. The van der Waals surface area contributed by atoms with Gasteiger partial charge in [0.25, 0.3) is 5.91 Å². The maximum absolute atomic E-state index is 12.2. The number of carboxylic acid groups (broad SMARTS) is 1. The first-order valence-electron chi connectivity index (χ1n) is 7.97. The maximum atomic E-state index is 12.2. The number of rotatable bonds is 6. The van der Waals surface area contributed by atoms with Crippen molar-refractivity contribution in [1.82, 2.24) is 5.32 Å². The highest BCUT2D eigenvalue weighted by molar-refractivity contribution is 5.96. The van der Waals surface area contributed by atoms with Crippen molar-refractivity contribution < 1.29 is 19.5 Å².